The van der Waals surface area contributed by atoms with Gasteiger partial charge in [0, 0.05) is 17.5 Å². The number of carbonyl (C=O) groups excluding carboxylic acids is 1. The topological polar surface area (TPSA) is 59.8 Å². The average Bonchev–Trinajstić information content (AvgIpc) is 3.19. The van der Waals surface area contributed by atoms with Gasteiger partial charge in [-0.15, -0.1) is 11.3 Å². The molecule has 0 fully saturated rings. The Morgan fingerprint density at radius 3 is 2.79 bits per heavy atom. The molecule has 5 nitrogen and oxygen atoms in total. The van der Waals surface area contributed by atoms with Crippen molar-refractivity contribution >= 4 is 28.8 Å². The second kappa shape index (κ2) is 7.15. The highest BCUT2D eigenvalue weighted by Crippen LogP contribution is 2.23. The first-order chi connectivity index (χ1) is 11.6. The zero-order chi connectivity index (χ0) is 17.1. The number of halogens is 1. The predicted molar refractivity (Wildman–Crippen MR) is 96.4 cm³/mol. The molecule has 0 unspecified atom stereocenters. The number of benzene rings is 1. The van der Waals surface area contributed by atoms with Crippen LogP contribution in [0.5, 0.6) is 0 Å². The minimum atomic E-state index is -0.239. The van der Waals surface area contributed by atoms with E-state index in [2.05, 4.69) is 15.4 Å². The van der Waals surface area contributed by atoms with Crippen LogP contribution in [0.2, 0.25) is 5.02 Å². The van der Waals surface area contributed by atoms with Crippen molar-refractivity contribution in [1.82, 2.24) is 20.1 Å². The summed E-state index contributed by atoms with van der Waals surface area (Å²) in [5, 5.41) is 10.4. The minimum Gasteiger partial charge on any atom is -0.345 e. The Morgan fingerprint density at radius 1 is 1.33 bits per heavy atom. The molecular formula is C17H17ClN4OS. The van der Waals surface area contributed by atoms with Gasteiger partial charge in [-0.25, -0.2) is 4.98 Å². The summed E-state index contributed by atoms with van der Waals surface area (Å²) in [6.07, 6.45) is 0. The average molecular weight is 361 g/mol. The Balaban J connectivity index is 1.71. The first kappa shape index (κ1) is 16.7. The highest BCUT2D eigenvalue weighted by Gasteiger charge is 2.19. The van der Waals surface area contributed by atoms with E-state index in [9.17, 15) is 4.79 Å². The van der Waals surface area contributed by atoms with Crippen LogP contribution in [0.4, 0.5) is 0 Å². The molecule has 0 aliphatic rings. The van der Waals surface area contributed by atoms with Crippen LogP contribution in [0.15, 0.2) is 35.7 Å². The fourth-order valence-electron chi connectivity index (χ4n) is 2.36. The van der Waals surface area contributed by atoms with Gasteiger partial charge in [0.2, 0.25) is 0 Å². The van der Waals surface area contributed by atoms with E-state index < -0.39 is 0 Å². The molecule has 2 heterocycles. The highest BCUT2D eigenvalue weighted by atomic mass is 35.5. The van der Waals surface area contributed by atoms with Crippen molar-refractivity contribution < 1.29 is 4.79 Å². The summed E-state index contributed by atoms with van der Waals surface area (Å²) in [6.45, 7) is 4.65. The molecule has 0 saturated heterocycles. The van der Waals surface area contributed by atoms with Crippen LogP contribution in [0, 0.1) is 6.92 Å². The van der Waals surface area contributed by atoms with Crippen molar-refractivity contribution in [3.63, 3.8) is 0 Å². The summed E-state index contributed by atoms with van der Waals surface area (Å²) >= 11 is 7.75. The maximum absolute atomic E-state index is 12.4. The Kier molecular flexibility index (Phi) is 4.97. The van der Waals surface area contributed by atoms with Crippen molar-refractivity contribution in [2.24, 2.45) is 0 Å². The predicted octanol–water partition coefficient (Wildman–Crippen LogP) is 3.92. The zero-order valence-electron chi connectivity index (χ0n) is 13.4. The maximum Gasteiger partial charge on any atom is 0.271 e. The number of carbonyl (C=O) groups is 1. The molecule has 7 heteroatoms. The van der Waals surface area contributed by atoms with Gasteiger partial charge in [0.15, 0.2) is 0 Å². The standard InChI is InChI=1S/C17H17ClN4OS/c1-3-22-15(14(18)11(2)21-22)16(23)19-9-13-10-24-17(20-13)12-7-5-4-6-8-12/h4-8,10H,3,9H2,1-2H3,(H,19,23). The van der Waals surface area contributed by atoms with Gasteiger partial charge in [-0.2, -0.15) is 5.10 Å². The molecule has 1 aromatic carbocycles. The van der Waals surface area contributed by atoms with Gasteiger partial charge in [-0.3, -0.25) is 9.48 Å². The Bertz CT molecular complexity index is 857. The lowest BCUT2D eigenvalue weighted by molar-refractivity contribution is 0.0940. The molecule has 2 aromatic heterocycles. The Hall–Kier alpha value is -2.18. The number of nitrogens with one attached hydrogen (secondary N) is 1. The highest BCUT2D eigenvalue weighted by molar-refractivity contribution is 7.13. The number of hydrogen-bond acceptors (Lipinski definition) is 4. The summed E-state index contributed by atoms with van der Waals surface area (Å²) < 4.78 is 1.61. The van der Waals surface area contributed by atoms with Crippen molar-refractivity contribution in [3.8, 4) is 10.6 Å². The van der Waals surface area contributed by atoms with Crippen molar-refractivity contribution in [2.75, 3.05) is 0 Å². The molecule has 0 radical (unpaired) electrons. The molecule has 1 amide bonds. The molecule has 0 aliphatic carbocycles. The molecule has 1 N–H and O–H groups in total. The minimum absolute atomic E-state index is 0.239. The molecule has 124 valence electrons. The van der Waals surface area contributed by atoms with Crippen molar-refractivity contribution in [1.29, 1.82) is 0 Å². The van der Waals surface area contributed by atoms with E-state index in [0.717, 1.165) is 16.3 Å². The zero-order valence-corrected chi connectivity index (χ0v) is 15.0. The molecule has 0 aliphatic heterocycles. The molecule has 3 aromatic rings. The number of aryl methyl sites for hydroxylation is 2. The molecule has 0 bridgehead atoms. The van der Waals surface area contributed by atoms with Gasteiger partial charge in [-0.1, -0.05) is 41.9 Å². The summed E-state index contributed by atoms with van der Waals surface area (Å²) in [4.78, 5) is 17.0. The molecule has 0 atom stereocenters. The van der Waals surface area contributed by atoms with E-state index in [1.807, 2.05) is 42.6 Å². The van der Waals surface area contributed by atoms with E-state index in [1.165, 1.54) is 0 Å². The quantitative estimate of drug-likeness (QED) is 0.750. The second-order valence-electron chi connectivity index (χ2n) is 5.26. The molecule has 0 spiro atoms. The number of nitrogens with zero attached hydrogens (tertiary/aromatic N) is 3. The smallest absolute Gasteiger partial charge is 0.271 e. The monoisotopic (exact) mass is 360 g/mol. The van der Waals surface area contributed by atoms with Crippen molar-refractivity contribution in [2.45, 2.75) is 26.9 Å². The summed E-state index contributed by atoms with van der Waals surface area (Å²) in [5.74, 6) is -0.239. The van der Waals surface area contributed by atoms with E-state index in [1.54, 1.807) is 22.9 Å². The van der Waals surface area contributed by atoms with Gasteiger partial charge in [0.25, 0.3) is 5.91 Å². The summed E-state index contributed by atoms with van der Waals surface area (Å²) in [7, 11) is 0. The SMILES string of the molecule is CCn1nc(C)c(Cl)c1C(=O)NCc1csc(-c2ccccc2)n1. The van der Waals surface area contributed by atoms with E-state index in [0.29, 0.717) is 29.5 Å². The molecule has 24 heavy (non-hydrogen) atoms. The van der Waals surface area contributed by atoms with Crippen LogP contribution in [0.1, 0.15) is 28.8 Å². The van der Waals surface area contributed by atoms with Crippen molar-refractivity contribution in [3.05, 3.63) is 57.8 Å². The van der Waals surface area contributed by atoms with Crippen LogP contribution < -0.4 is 5.32 Å². The van der Waals surface area contributed by atoms with Gasteiger partial charge < -0.3 is 5.32 Å². The second-order valence-corrected chi connectivity index (χ2v) is 6.49. The van der Waals surface area contributed by atoms with Crippen LogP contribution in [0.25, 0.3) is 10.6 Å². The third kappa shape index (κ3) is 3.34. The number of rotatable bonds is 5. The van der Waals surface area contributed by atoms with Crippen LogP contribution in [0.3, 0.4) is 0 Å². The van der Waals surface area contributed by atoms with E-state index in [4.69, 9.17) is 11.6 Å². The largest absolute Gasteiger partial charge is 0.345 e. The summed E-state index contributed by atoms with van der Waals surface area (Å²) in [5.41, 5.74) is 2.95. The van der Waals surface area contributed by atoms with Crippen LogP contribution >= 0.6 is 22.9 Å². The first-order valence-electron chi connectivity index (χ1n) is 7.61. The number of aromatic nitrogens is 3. The lowest BCUT2D eigenvalue weighted by atomic mass is 10.2. The van der Waals surface area contributed by atoms with E-state index in [-0.39, 0.29) is 5.91 Å². The molecule has 0 saturated carbocycles. The number of amides is 1. The Morgan fingerprint density at radius 2 is 2.08 bits per heavy atom. The van der Waals surface area contributed by atoms with Gasteiger partial charge in [0.05, 0.1) is 23.0 Å². The normalized spacial score (nSPS) is 10.8. The number of thiazole rings is 1. The molecular weight excluding hydrogens is 344 g/mol. The maximum atomic E-state index is 12.4. The Labute approximate surface area is 149 Å². The third-order valence-corrected chi connectivity index (χ3v) is 4.96. The van der Waals surface area contributed by atoms with Gasteiger partial charge >= 0.3 is 0 Å². The lowest BCUT2D eigenvalue weighted by Crippen LogP contribution is -2.26. The lowest BCUT2D eigenvalue weighted by Gasteiger charge is -2.06. The summed E-state index contributed by atoms with van der Waals surface area (Å²) in [6, 6.07) is 9.97. The van der Waals surface area contributed by atoms with Crippen LogP contribution in [-0.2, 0) is 13.1 Å². The van der Waals surface area contributed by atoms with Crippen LogP contribution in [-0.4, -0.2) is 20.7 Å². The van der Waals surface area contributed by atoms with Gasteiger partial charge in [-0.05, 0) is 13.8 Å². The van der Waals surface area contributed by atoms with Gasteiger partial charge in [0.1, 0.15) is 10.7 Å². The fourth-order valence-corrected chi connectivity index (χ4v) is 3.41. The first-order valence-corrected chi connectivity index (χ1v) is 8.86. The fraction of sp³-hybridized carbons (Fsp3) is 0.235. The number of hydrogen-bond donors (Lipinski definition) is 1. The third-order valence-electron chi connectivity index (χ3n) is 3.57. The van der Waals surface area contributed by atoms with E-state index >= 15 is 0 Å². The molecule has 3 rings (SSSR count).